The standard InChI is InChI=1S/C13H10BrF2N3O/c1-6-2-7(14)5-18-12(6)19-13(20)9-3-8(15)4-10(17)11(9)16/h2-5H,17H2,1H3,(H,18,19,20). The summed E-state index contributed by atoms with van der Waals surface area (Å²) in [6, 6.07) is 3.34. The van der Waals surface area contributed by atoms with Crippen molar-refractivity contribution < 1.29 is 13.6 Å². The molecule has 0 saturated carbocycles. The topological polar surface area (TPSA) is 68.0 Å². The number of amides is 1. The Morgan fingerprint density at radius 3 is 2.70 bits per heavy atom. The molecule has 7 heteroatoms. The average Bonchev–Trinajstić information content (AvgIpc) is 2.37. The summed E-state index contributed by atoms with van der Waals surface area (Å²) in [6.45, 7) is 1.73. The van der Waals surface area contributed by atoms with E-state index in [1.165, 1.54) is 6.20 Å². The van der Waals surface area contributed by atoms with Gasteiger partial charge in [-0.1, -0.05) is 0 Å². The van der Waals surface area contributed by atoms with Crippen LogP contribution in [0.1, 0.15) is 15.9 Å². The number of pyridine rings is 1. The van der Waals surface area contributed by atoms with Crippen LogP contribution in [0.3, 0.4) is 0 Å². The Bertz CT molecular complexity index is 692. The number of aryl methyl sites for hydroxylation is 1. The van der Waals surface area contributed by atoms with Crippen molar-refractivity contribution in [2.75, 3.05) is 11.1 Å². The summed E-state index contributed by atoms with van der Waals surface area (Å²) in [4.78, 5) is 15.9. The molecule has 0 aliphatic rings. The molecule has 2 aromatic rings. The molecule has 1 aromatic carbocycles. The molecule has 0 radical (unpaired) electrons. The summed E-state index contributed by atoms with van der Waals surface area (Å²) >= 11 is 3.24. The van der Waals surface area contributed by atoms with E-state index in [4.69, 9.17) is 5.73 Å². The normalized spacial score (nSPS) is 10.4. The molecule has 20 heavy (non-hydrogen) atoms. The fourth-order valence-corrected chi connectivity index (χ4v) is 2.07. The quantitative estimate of drug-likeness (QED) is 0.823. The largest absolute Gasteiger partial charge is 0.396 e. The van der Waals surface area contributed by atoms with Crippen molar-refractivity contribution in [2.24, 2.45) is 0 Å². The lowest BCUT2D eigenvalue weighted by molar-refractivity contribution is 0.102. The van der Waals surface area contributed by atoms with E-state index < -0.39 is 28.8 Å². The molecule has 1 aromatic heterocycles. The van der Waals surface area contributed by atoms with E-state index in [2.05, 4.69) is 26.2 Å². The molecule has 0 spiro atoms. The number of halogens is 3. The van der Waals surface area contributed by atoms with Crippen LogP contribution in [-0.2, 0) is 0 Å². The third-order valence-electron chi connectivity index (χ3n) is 2.59. The minimum atomic E-state index is -0.960. The van der Waals surface area contributed by atoms with Gasteiger partial charge in [-0.15, -0.1) is 0 Å². The SMILES string of the molecule is Cc1cc(Br)cnc1NC(=O)c1cc(F)cc(N)c1F. The number of nitrogens with zero attached hydrogens (tertiary/aromatic N) is 1. The number of carbonyl (C=O) groups is 1. The van der Waals surface area contributed by atoms with E-state index in [0.29, 0.717) is 5.56 Å². The molecule has 0 unspecified atom stereocenters. The lowest BCUT2D eigenvalue weighted by atomic mass is 10.1. The van der Waals surface area contributed by atoms with Crippen LogP contribution < -0.4 is 11.1 Å². The van der Waals surface area contributed by atoms with Crippen molar-refractivity contribution in [3.8, 4) is 0 Å². The van der Waals surface area contributed by atoms with Gasteiger partial charge in [0.1, 0.15) is 11.6 Å². The van der Waals surface area contributed by atoms with Crippen LogP contribution in [0.4, 0.5) is 20.3 Å². The molecule has 0 aliphatic heterocycles. The fourth-order valence-electron chi connectivity index (χ4n) is 1.62. The summed E-state index contributed by atoms with van der Waals surface area (Å²) in [6.07, 6.45) is 1.49. The zero-order valence-corrected chi connectivity index (χ0v) is 12.0. The van der Waals surface area contributed by atoms with Crippen molar-refractivity contribution >= 4 is 33.3 Å². The minimum absolute atomic E-state index is 0.264. The second-order valence-corrected chi connectivity index (χ2v) is 5.05. The molecule has 3 N–H and O–H groups in total. The molecular formula is C13H10BrF2N3O. The van der Waals surface area contributed by atoms with E-state index in [9.17, 15) is 13.6 Å². The summed E-state index contributed by atoms with van der Waals surface area (Å²) in [5.41, 5.74) is 5.08. The Morgan fingerprint density at radius 1 is 1.35 bits per heavy atom. The second-order valence-electron chi connectivity index (χ2n) is 4.13. The molecule has 4 nitrogen and oxygen atoms in total. The number of hydrogen-bond acceptors (Lipinski definition) is 3. The van der Waals surface area contributed by atoms with Crippen LogP contribution in [0.15, 0.2) is 28.9 Å². The summed E-state index contributed by atoms with van der Waals surface area (Å²) in [5, 5.41) is 2.42. The van der Waals surface area contributed by atoms with Crippen LogP contribution in [0, 0.1) is 18.6 Å². The van der Waals surface area contributed by atoms with E-state index in [0.717, 1.165) is 16.6 Å². The predicted octanol–water partition coefficient (Wildman–Crippen LogP) is 3.27. The minimum Gasteiger partial charge on any atom is -0.396 e. The van der Waals surface area contributed by atoms with Gasteiger partial charge in [-0.2, -0.15) is 0 Å². The first-order valence-corrected chi connectivity index (χ1v) is 6.36. The van der Waals surface area contributed by atoms with Gasteiger partial charge in [0, 0.05) is 10.7 Å². The van der Waals surface area contributed by atoms with Gasteiger partial charge >= 0.3 is 0 Å². The number of nitrogens with one attached hydrogen (secondary N) is 1. The highest BCUT2D eigenvalue weighted by Crippen LogP contribution is 2.21. The number of benzene rings is 1. The van der Waals surface area contributed by atoms with Gasteiger partial charge in [0.25, 0.3) is 5.91 Å². The summed E-state index contributed by atoms with van der Waals surface area (Å²) < 4.78 is 27.7. The molecule has 1 amide bonds. The Hall–Kier alpha value is -2.02. The van der Waals surface area contributed by atoms with Crippen LogP contribution in [-0.4, -0.2) is 10.9 Å². The Morgan fingerprint density at radius 2 is 2.05 bits per heavy atom. The van der Waals surface area contributed by atoms with Crippen molar-refractivity contribution in [3.63, 3.8) is 0 Å². The highest BCUT2D eigenvalue weighted by Gasteiger charge is 2.17. The van der Waals surface area contributed by atoms with Crippen LogP contribution in [0.2, 0.25) is 0 Å². The van der Waals surface area contributed by atoms with Gasteiger partial charge in [0.05, 0.1) is 11.3 Å². The number of nitrogens with two attached hydrogens (primary N) is 1. The number of rotatable bonds is 2. The smallest absolute Gasteiger partial charge is 0.259 e. The maximum Gasteiger partial charge on any atom is 0.259 e. The number of anilines is 2. The molecule has 1 heterocycles. The third-order valence-corrected chi connectivity index (χ3v) is 3.02. The second kappa shape index (κ2) is 5.54. The third kappa shape index (κ3) is 2.93. The zero-order chi connectivity index (χ0) is 14.9. The molecule has 0 bridgehead atoms. The van der Waals surface area contributed by atoms with Gasteiger partial charge in [0.2, 0.25) is 0 Å². The van der Waals surface area contributed by atoms with Crippen LogP contribution in [0.5, 0.6) is 0 Å². The lowest BCUT2D eigenvalue weighted by Crippen LogP contribution is -2.16. The van der Waals surface area contributed by atoms with Crippen molar-refractivity contribution in [2.45, 2.75) is 6.92 Å². The first-order chi connectivity index (χ1) is 9.38. The maximum absolute atomic E-state index is 13.7. The first-order valence-electron chi connectivity index (χ1n) is 5.56. The fraction of sp³-hybridized carbons (Fsp3) is 0.0769. The molecule has 104 valence electrons. The average molecular weight is 342 g/mol. The van der Waals surface area contributed by atoms with E-state index in [1.54, 1.807) is 13.0 Å². The van der Waals surface area contributed by atoms with E-state index >= 15 is 0 Å². The number of hydrogen-bond donors (Lipinski definition) is 2. The molecule has 0 fully saturated rings. The van der Waals surface area contributed by atoms with Crippen molar-refractivity contribution in [1.29, 1.82) is 0 Å². The summed E-state index contributed by atoms with van der Waals surface area (Å²) in [7, 11) is 0. The van der Waals surface area contributed by atoms with Gasteiger partial charge in [-0.05, 0) is 46.6 Å². The van der Waals surface area contributed by atoms with Gasteiger partial charge in [0.15, 0.2) is 5.82 Å². The Balaban J connectivity index is 2.33. The number of nitrogen functional groups attached to an aromatic ring is 1. The molecule has 0 atom stereocenters. The Labute approximate surface area is 122 Å². The van der Waals surface area contributed by atoms with Crippen LogP contribution >= 0.6 is 15.9 Å². The van der Waals surface area contributed by atoms with Gasteiger partial charge < -0.3 is 11.1 Å². The molecule has 0 saturated heterocycles. The highest BCUT2D eigenvalue weighted by atomic mass is 79.9. The van der Waals surface area contributed by atoms with Gasteiger partial charge in [-0.25, -0.2) is 13.8 Å². The molecular weight excluding hydrogens is 332 g/mol. The predicted molar refractivity (Wildman–Crippen MR) is 75.4 cm³/mol. The molecule has 2 rings (SSSR count). The Kier molecular flexibility index (Phi) is 3.99. The van der Waals surface area contributed by atoms with Crippen molar-refractivity contribution in [3.05, 3.63) is 51.6 Å². The van der Waals surface area contributed by atoms with Gasteiger partial charge in [-0.3, -0.25) is 4.79 Å². The van der Waals surface area contributed by atoms with E-state index in [-0.39, 0.29) is 5.82 Å². The monoisotopic (exact) mass is 341 g/mol. The summed E-state index contributed by atoms with van der Waals surface area (Å²) in [5.74, 6) is -2.29. The van der Waals surface area contributed by atoms with Crippen LogP contribution in [0.25, 0.3) is 0 Å². The van der Waals surface area contributed by atoms with E-state index in [1.807, 2.05) is 0 Å². The first kappa shape index (κ1) is 14.4. The highest BCUT2D eigenvalue weighted by molar-refractivity contribution is 9.10. The number of carbonyl (C=O) groups excluding carboxylic acids is 1. The van der Waals surface area contributed by atoms with Crippen molar-refractivity contribution in [1.82, 2.24) is 4.98 Å². The lowest BCUT2D eigenvalue weighted by Gasteiger charge is -2.09. The maximum atomic E-state index is 13.7. The zero-order valence-electron chi connectivity index (χ0n) is 10.4. The number of aromatic nitrogens is 1. The molecule has 0 aliphatic carbocycles.